The van der Waals surface area contributed by atoms with Crippen LogP contribution in [0, 0.1) is 17.2 Å². The Morgan fingerprint density at radius 1 is 1.09 bits per heavy atom. The normalized spacial score (nSPS) is 20.0. The molecule has 2 fully saturated rings. The van der Waals surface area contributed by atoms with Crippen LogP contribution in [0.3, 0.4) is 0 Å². The van der Waals surface area contributed by atoms with E-state index in [1.807, 2.05) is 24.3 Å². The Morgan fingerprint density at radius 3 is 2.50 bits per heavy atom. The highest BCUT2D eigenvalue weighted by molar-refractivity contribution is 5.79. The second-order valence-corrected chi connectivity index (χ2v) is 6.39. The summed E-state index contributed by atoms with van der Waals surface area (Å²) in [5, 5.41) is 8.84. The molecule has 22 heavy (non-hydrogen) atoms. The van der Waals surface area contributed by atoms with E-state index in [4.69, 9.17) is 5.26 Å². The standard InChI is InChI=1S/C18H23N3O/c19-13-15-5-7-16(8-6-15)14-20-9-2-10-21(12-11-20)18(22)17-3-1-4-17/h5-8,17H,1-4,9-12,14H2. The van der Waals surface area contributed by atoms with Crippen LogP contribution in [0.25, 0.3) is 0 Å². The maximum atomic E-state index is 12.3. The van der Waals surface area contributed by atoms with Gasteiger partial charge in [0.2, 0.25) is 5.91 Å². The van der Waals surface area contributed by atoms with E-state index in [1.54, 1.807) is 0 Å². The molecule has 0 spiro atoms. The number of hydrogen-bond donors (Lipinski definition) is 0. The monoisotopic (exact) mass is 297 g/mol. The van der Waals surface area contributed by atoms with E-state index in [-0.39, 0.29) is 0 Å². The summed E-state index contributed by atoms with van der Waals surface area (Å²) in [7, 11) is 0. The summed E-state index contributed by atoms with van der Waals surface area (Å²) in [5.74, 6) is 0.691. The van der Waals surface area contributed by atoms with Crippen molar-refractivity contribution in [3.63, 3.8) is 0 Å². The highest BCUT2D eigenvalue weighted by Crippen LogP contribution is 2.28. The molecule has 1 amide bonds. The molecule has 0 radical (unpaired) electrons. The molecule has 0 N–H and O–H groups in total. The summed E-state index contributed by atoms with van der Waals surface area (Å²) >= 11 is 0. The fraction of sp³-hybridized carbons (Fsp3) is 0.556. The first-order valence-electron chi connectivity index (χ1n) is 8.26. The Balaban J connectivity index is 1.53. The van der Waals surface area contributed by atoms with Gasteiger partial charge in [0.25, 0.3) is 0 Å². The van der Waals surface area contributed by atoms with Crippen molar-refractivity contribution in [2.45, 2.75) is 32.2 Å². The summed E-state index contributed by atoms with van der Waals surface area (Å²) in [6.07, 6.45) is 4.44. The summed E-state index contributed by atoms with van der Waals surface area (Å²) in [4.78, 5) is 16.8. The second-order valence-electron chi connectivity index (χ2n) is 6.39. The third-order valence-corrected chi connectivity index (χ3v) is 4.84. The number of carbonyl (C=O) groups excluding carboxylic acids is 1. The minimum absolute atomic E-state index is 0.310. The fourth-order valence-electron chi connectivity index (χ4n) is 3.21. The van der Waals surface area contributed by atoms with Gasteiger partial charge in [0, 0.05) is 38.6 Å². The Labute approximate surface area is 132 Å². The average Bonchev–Trinajstić information content (AvgIpc) is 2.72. The van der Waals surface area contributed by atoms with Gasteiger partial charge in [-0.15, -0.1) is 0 Å². The smallest absolute Gasteiger partial charge is 0.225 e. The minimum atomic E-state index is 0.310. The van der Waals surface area contributed by atoms with Gasteiger partial charge >= 0.3 is 0 Å². The number of nitrogens with zero attached hydrogens (tertiary/aromatic N) is 3. The molecular formula is C18H23N3O. The van der Waals surface area contributed by atoms with Crippen molar-refractivity contribution in [1.82, 2.24) is 9.80 Å². The van der Waals surface area contributed by atoms with Crippen molar-refractivity contribution in [1.29, 1.82) is 5.26 Å². The maximum absolute atomic E-state index is 12.3. The van der Waals surface area contributed by atoms with Crippen molar-refractivity contribution < 1.29 is 4.79 Å². The Kier molecular flexibility index (Phi) is 4.74. The Bertz CT molecular complexity index is 557. The van der Waals surface area contributed by atoms with Crippen LogP contribution in [-0.2, 0) is 11.3 Å². The SMILES string of the molecule is N#Cc1ccc(CN2CCCN(C(=O)C3CCC3)CC2)cc1. The van der Waals surface area contributed by atoms with Crippen LogP contribution in [0.1, 0.15) is 36.8 Å². The molecule has 1 heterocycles. The van der Waals surface area contributed by atoms with Gasteiger partial charge in [-0.3, -0.25) is 9.69 Å². The fourth-order valence-corrected chi connectivity index (χ4v) is 3.21. The highest BCUT2D eigenvalue weighted by atomic mass is 16.2. The maximum Gasteiger partial charge on any atom is 0.225 e. The van der Waals surface area contributed by atoms with E-state index in [9.17, 15) is 4.79 Å². The predicted octanol–water partition coefficient (Wildman–Crippen LogP) is 2.39. The van der Waals surface area contributed by atoms with Gasteiger partial charge in [-0.05, 0) is 37.0 Å². The van der Waals surface area contributed by atoms with Crippen LogP contribution >= 0.6 is 0 Å². The van der Waals surface area contributed by atoms with Crippen molar-refractivity contribution in [3.05, 3.63) is 35.4 Å². The lowest BCUT2D eigenvalue weighted by atomic mass is 9.84. The molecule has 1 aromatic carbocycles. The summed E-state index contributed by atoms with van der Waals surface area (Å²) in [5.41, 5.74) is 1.94. The Morgan fingerprint density at radius 2 is 1.86 bits per heavy atom. The van der Waals surface area contributed by atoms with E-state index < -0.39 is 0 Å². The van der Waals surface area contributed by atoms with Gasteiger partial charge in [-0.1, -0.05) is 18.6 Å². The topological polar surface area (TPSA) is 47.3 Å². The zero-order valence-electron chi connectivity index (χ0n) is 13.0. The molecule has 0 bridgehead atoms. The van der Waals surface area contributed by atoms with Gasteiger partial charge in [0.05, 0.1) is 11.6 Å². The number of carbonyl (C=O) groups is 1. The lowest BCUT2D eigenvalue weighted by Gasteiger charge is -2.31. The molecule has 1 aliphatic heterocycles. The molecule has 1 saturated heterocycles. The van der Waals surface area contributed by atoms with Crippen LogP contribution < -0.4 is 0 Å². The van der Waals surface area contributed by atoms with Gasteiger partial charge < -0.3 is 4.90 Å². The lowest BCUT2D eigenvalue weighted by Crippen LogP contribution is -2.41. The molecule has 4 nitrogen and oxygen atoms in total. The van der Waals surface area contributed by atoms with E-state index in [0.29, 0.717) is 17.4 Å². The van der Waals surface area contributed by atoms with Crippen LogP contribution in [-0.4, -0.2) is 41.9 Å². The third kappa shape index (κ3) is 3.48. The van der Waals surface area contributed by atoms with Gasteiger partial charge in [0.1, 0.15) is 0 Å². The van der Waals surface area contributed by atoms with Crippen LogP contribution in [0.5, 0.6) is 0 Å². The molecule has 1 aromatic rings. The van der Waals surface area contributed by atoms with Crippen molar-refractivity contribution in [2.24, 2.45) is 5.92 Å². The van der Waals surface area contributed by atoms with Gasteiger partial charge in [0.15, 0.2) is 0 Å². The third-order valence-electron chi connectivity index (χ3n) is 4.84. The number of rotatable bonds is 3. The molecule has 3 rings (SSSR count). The number of benzene rings is 1. The molecule has 0 unspecified atom stereocenters. The Hall–Kier alpha value is -1.86. The average molecular weight is 297 g/mol. The zero-order valence-corrected chi connectivity index (χ0v) is 13.0. The van der Waals surface area contributed by atoms with Gasteiger partial charge in [-0.25, -0.2) is 0 Å². The zero-order chi connectivity index (χ0) is 15.4. The molecule has 0 atom stereocenters. The van der Waals surface area contributed by atoms with Crippen molar-refractivity contribution >= 4 is 5.91 Å². The molecule has 116 valence electrons. The van der Waals surface area contributed by atoms with E-state index in [2.05, 4.69) is 15.9 Å². The van der Waals surface area contributed by atoms with Gasteiger partial charge in [-0.2, -0.15) is 5.26 Å². The first-order chi connectivity index (χ1) is 10.8. The molecule has 1 aliphatic carbocycles. The molecule has 1 saturated carbocycles. The number of amides is 1. The minimum Gasteiger partial charge on any atom is -0.341 e. The molecular weight excluding hydrogens is 274 g/mol. The second kappa shape index (κ2) is 6.93. The van der Waals surface area contributed by atoms with Crippen LogP contribution in [0.2, 0.25) is 0 Å². The lowest BCUT2D eigenvalue weighted by molar-refractivity contribution is -0.138. The van der Waals surface area contributed by atoms with E-state index >= 15 is 0 Å². The summed E-state index contributed by atoms with van der Waals surface area (Å²) < 4.78 is 0. The summed E-state index contributed by atoms with van der Waals surface area (Å²) in [6, 6.07) is 9.96. The highest BCUT2D eigenvalue weighted by Gasteiger charge is 2.30. The first-order valence-corrected chi connectivity index (χ1v) is 8.26. The first kappa shape index (κ1) is 15.1. The van der Waals surface area contributed by atoms with Crippen LogP contribution in [0.4, 0.5) is 0 Å². The molecule has 2 aliphatic rings. The predicted molar refractivity (Wildman–Crippen MR) is 85.0 cm³/mol. The molecule has 4 heteroatoms. The number of hydrogen-bond acceptors (Lipinski definition) is 3. The van der Waals surface area contributed by atoms with Crippen molar-refractivity contribution in [2.75, 3.05) is 26.2 Å². The number of nitriles is 1. The molecule has 0 aromatic heterocycles. The largest absolute Gasteiger partial charge is 0.341 e. The van der Waals surface area contributed by atoms with Crippen molar-refractivity contribution in [3.8, 4) is 6.07 Å². The van der Waals surface area contributed by atoms with E-state index in [0.717, 1.165) is 52.0 Å². The summed E-state index contributed by atoms with van der Waals surface area (Å²) in [6.45, 7) is 4.63. The van der Waals surface area contributed by atoms with Crippen LogP contribution in [0.15, 0.2) is 24.3 Å². The van der Waals surface area contributed by atoms with E-state index in [1.165, 1.54) is 12.0 Å². The quantitative estimate of drug-likeness (QED) is 0.860.